The van der Waals surface area contributed by atoms with E-state index in [2.05, 4.69) is 15.5 Å². The summed E-state index contributed by atoms with van der Waals surface area (Å²) < 4.78 is 10.9. The van der Waals surface area contributed by atoms with Crippen LogP contribution in [-0.2, 0) is 4.79 Å². The number of fused-ring (bicyclic) bond motifs is 1. The third-order valence-electron chi connectivity index (χ3n) is 4.94. The molecule has 7 nitrogen and oxygen atoms in total. The second kappa shape index (κ2) is 6.35. The quantitative estimate of drug-likeness (QED) is 0.746. The summed E-state index contributed by atoms with van der Waals surface area (Å²) in [7, 11) is 0. The molecule has 0 spiro atoms. The van der Waals surface area contributed by atoms with Gasteiger partial charge in [0.2, 0.25) is 12.7 Å². The van der Waals surface area contributed by atoms with Crippen molar-refractivity contribution in [2.24, 2.45) is 0 Å². The Morgan fingerprint density at radius 1 is 1.11 bits per heavy atom. The van der Waals surface area contributed by atoms with Crippen LogP contribution >= 0.6 is 0 Å². The molecule has 136 valence electrons. The van der Waals surface area contributed by atoms with E-state index in [4.69, 9.17) is 9.47 Å². The average Bonchev–Trinajstić information content (AvgIpc) is 3.44. The number of aromatic amines is 1. The van der Waals surface area contributed by atoms with Crippen LogP contribution in [0.15, 0.2) is 54.9 Å². The third-order valence-corrected chi connectivity index (χ3v) is 4.94. The summed E-state index contributed by atoms with van der Waals surface area (Å²) in [6.45, 7) is 0.885. The van der Waals surface area contributed by atoms with Gasteiger partial charge in [0.25, 0.3) is 0 Å². The van der Waals surface area contributed by atoms with Gasteiger partial charge < -0.3 is 19.7 Å². The summed E-state index contributed by atoms with van der Waals surface area (Å²) in [5.41, 5.74) is 3.77. The minimum absolute atomic E-state index is 0.0579. The number of anilines is 2. The highest BCUT2D eigenvalue weighted by Crippen LogP contribution is 2.39. The fraction of sp³-hybridized carbons (Fsp3) is 0.200. The molecule has 0 radical (unpaired) electrons. The molecule has 3 aromatic rings. The number of H-pyrrole nitrogens is 1. The van der Waals surface area contributed by atoms with Crippen molar-refractivity contribution in [2.75, 3.05) is 23.6 Å². The van der Waals surface area contributed by atoms with Crippen molar-refractivity contribution in [1.29, 1.82) is 0 Å². The molecule has 0 saturated carbocycles. The molecule has 2 N–H and O–H groups in total. The highest BCUT2D eigenvalue weighted by atomic mass is 16.7. The Hall–Kier alpha value is -3.48. The first kappa shape index (κ1) is 15.7. The summed E-state index contributed by atoms with van der Waals surface area (Å²) >= 11 is 0. The molecule has 7 heteroatoms. The standard InChI is InChI=1S/C20H18N4O3/c25-20-17(23-16-2-1-3-18-19(16)27-12-26-18)8-9-24(20)15-6-4-13(5-7-15)14-10-21-22-11-14/h1-7,10-11,17,23H,8-9,12H2,(H,21,22)/t17-/m1/s1. The maximum atomic E-state index is 12.9. The first-order chi connectivity index (χ1) is 13.3. The molecule has 1 fully saturated rings. The Kier molecular flexibility index (Phi) is 3.71. The van der Waals surface area contributed by atoms with Crippen molar-refractivity contribution in [3.05, 3.63) is 54.9 Å². The molecule has 0 bridgehead atoms. The Morgan fingerprint density at radius 2 is 2.00 bits per heavy atom. The van der Waals surface area contributed by atoms with Crippen LogP contribution < -0.4 is 19.7 Å². The first-order valence-electron chi connectivity index (χ1n) is 8.85. The number of hydrogen-bond acceptors (Lipinski definition) is 5. The van der Waals surface area contributed by atoms with E-state index in [0.29, 0.717) is 18.0 Å². The van der Waals surface area contributed by atoms with E-state index in [0.717, 1.165) is 28.9 Å². The molecule has 2 aliphatic heterocycles. The number of rotatable bonds is 4. The molecule has 2 aromatic carbocycles. The number of nitrogens with zero attached hydrogens (tertiary/aromatic N) is 2. The van der Waals surface area contributed by atoms with Crippen molar-refractivity contribution in [1.82, 2.24) is 10.2 Å². The lowest BCUT2D eigenvalue weighted by Crippen LogP contribution is -2.33. The van der Waals surface area contributed by atoms with E-state index >= 15 is 0 Å². The van der Waals surface area contributed by atoms with Gasteiger partial charge in [0.1, 0.15) is 6.04 Å². The Labute approximate surface area is 155 Å². The highest BCUT2D eigenvalue weighted by Gasteiger charge is 2.33. The number of amides is 1. The van der Waals surface area contributed by atoms with Crippen molar-refractivity contribution in [3.8, 4) is 22.6 Å². The minimum Gasteiger partial charge on any atom is -0.454 e. The van der Waals surface area contributed by atoms with Gasteiger partial charge in [-0.3, -0.25) is 9.89 Å². The van der Waals surface area contributed by atoms with Gasteiger partial charge in [-0.1, -0.05) is 18.2 Å². The number of hydrogen-bond donors (Lipinski definition) is 2. The topological polar surface area (TPSA) is 79.5 Å². The molecule has 27 heavy (non-hydrogen) atoms. The number of aromatic nitrogens is 2. The van der Waals surface area contributed by atoms with Crippen molar-refractivity contribution >= 4 is 17.3 Å². The van der Waals surface area contributed by atoms with E-state index in [-0.39, 0.29) is 18.7 Å². The lowest BCUT2D eigenvalue weighted by Gasteiger charge is -2.18. The normalized spacial score (nSPS) is 18.1. The zero-order chi connectivity index (χ0) is 18.2. The molecule has 5 rings (SSSR count). The molecular formula is C20H18N4O3. The molecule has 1 atom stereocenters. The predicted octanol–water partition coefficient (Wildman–Crippen LogP) is 3.02. The minimum atomic E-state index is -0.283. The largest absolute Gasteiger partial charge is 0.454 e. The lowest BCUT2D eigenvalue weighted by molar-refractivity contribution is -0.117. The smallest absolute Gasteiger partial charge is 0.249 e. The number of para-hydroxylation sites is 1. The predicted molar refractivity (Wildman–Crippen MR) is 101 cm³/mol. The fourth-order valence-corrected chi connectivity index (χ4v) is 3.54. The van der Waals surface area contributed by atoms with E-state index < -0.39 is 0 Å². The fourth-order valence-electron chi connectivity index (χ4n) is 3.54. The van der Waals surface area contributed by atoms with Crippen LogP contribution in [0.5, 0.6) is 11.5 Å². The molecule has 1 amide bonds. The maximum Gasteiger partial charge on any atom is 0.249 e. The first-order valence-corrected chi connectivity index (χ1v) is 8.85. The van der Waals surface area contributed by atoms with E-state index in [1.54, 1.807) is 6.20 Å². The second-order valence-corrected chi connectivity index (χ2v) is 6.55. The van der Waals surface area contributed by atoms with Crippen molar-refractivity contribution in [3.63, 3.8) is 0 Å². The van der Waals surface area contributed by atoms with E-state index in [9.17, 15) is 4.79 Å². The molecule has 2 aliphatic rings. The molecule has 0 unspecified atom stereocenters. The van der Waals surface area contributed by atoms with Gasteiger partial charge >= 0.3 is 0 Å². The number of carbonyl (C=O) groups excluding carboxylic acids is 1. The van der Waals surface area contributed by atoms with Gasteiger partial charge in [0, 0.05) is 24.0 Å². The van der Waals surface area contributed by atoms with E-state index in [1.807, 2.05) is 53.6 Å². The second-order valence-electron chi connectivity index (χ2n) is 6.55. The van der Waals surface area contributed by atoms with Gasteiger partial charge in [0.05, 0.1) is 11.9 Å². The average molecular weight is 362 g/mol. The van der Waals surface area contributed by atoms with Crippen molar-refractivity contribution < 1.29 is 14.3 Å². The lowest BCUT2D eigenvalue weighted by atomic mass is 10.1. The summed E-state index contributed by atoms with van der Waals surface area (Å²) in [6, 6.07) is 13.3. The Morgan fingerprint density at radius 3 is 2.81 bits per heavy atom. The van der Waals surface area contributed by atoms with Gasteiger partial charge in [-0.05, 0) is 36.2 Å². The SMILES string of the molecule is O=C1[C@H](Nc2cccc3c2OCO3)CCN1c1ccc(-c2cn[nH]c2)cc1. The van der Waals surface area contributed by atoms with Crippen LogP contribution in [-0.4, -0.2) is 35.5 Å². The maximum absolute atomic E-state index is 12.9. The Balaban J connectivity index is 1.32. The number of nitrogens with one attached hydrogen (secondary N) is 2. The van der Waals surface area contributed by atoms with Crippen LogP contribution in [0.4, 0.5) is 11.4 Å². The number of carbonyl (C=O) groups is 1. The summed E-state index contributed by atoms with van der Waals surface area (Å²) in [5.74, 6) is 1.44. The molecule has 1 saturated heterocycles. The molecule has 3 heterocycles. The molecular weight excluding hydrogens is 344 g/mol. The van der Waals surface area contributed by atoms with Crippen molar-refractivity contribution in [2.45, 2.75) is 12.5 Å². The third kappa shape index (κ3) is 2.77. The summed E-state index contributed by atoms with van der Waals surface area (Å²) in [5, 5.41) is 10.1. The zero-order valence-corrected chi connectivity index (χ0v) is 14.5. The molecule has 0 aliphatic carbocycles. The zero-order valence-electron chi connectivity index (χ0n) is 14.5. The van der Waals surface area contributed by atoms with Gasteiger partial charge in [-0.25, -0.2) is 0 Å². The summed E-state index contributed by atoms with van der Waals surface area (Å²) in [4.78, 5) is 14.7. The van der Waals surface area contributed by atoms with Gasteiger partial charge in [-0.2, -0.15) is 5.10 Å². The van der Waals surface area contributed by atoms with Gasteiger partial charge in [-0.15, -0.1) is 0 Å². The van der Waals surface area contributed by atoms with Crippen LogP contribution in [0.1, 0.15) is 6.42 Å². The van der Waals surface area contributed by atoms with Crippen LogP contribution in [0, 0.1) is 0 Å². The summed E-state index contributed by atoms with van der Waals surface area (Å²) in [6.07, 6.45) is 4.35. The highest BCUT2D eigenvalue weighted by molar-refractivity contribution is 6.01. The number of ether oxygens (including phenoxy) is 2. The number of benzene rings is 2. The molecule has 1 aromatic heterocycles. The van der Waals surface area contributed by atoms with Crippen LogP contribution in [0.25, 0.3) is 11.1 Å². The van der Waals surface area contributed by atoms with E-state index in [1.165, 1.54) is 0 Å². The monoisotopic (exact) mass is 362 g/mol. The van der Waals surface area contributed by atoms with Crippen LogP contribution in [0.3, 0.4) is 0 Å². The van der Waals surface area contributed by atoms with Crippen LogP contribution in [0.2, 0.25) is 0 Å². The van der Waals surface area contributed by atoms with Gasteiger partial charge in [0.15, 0.2) is 11.5 Å². The Bertz CT molecular complexity index is 969.